The summed E-state index contributed by atoms with van der Waals surface area (Å²) >= 11 is 0. The number of benzene rings is 1. The lowest BCUT2D eigenvalue weighted by molar-refractivity contribution is -0.153. The monoisotopic (exact) mass is 364 g/mol. The maximum Gasteiger partial charge on any atom is 0.328 e. The van der Waals surface area contributed by atoms with E-state index in [0.717, 1.165) is 11.1 Å². The molecule has 2 aromatic rings. The first-order valence-electron chi connectivity index (χ1n) is 8.55. The van der Waals surface area contributed by atoms with Gasteiger partial charge in [-0.3, -0.25) is 4.79 Å². The minimum Gasteiger partial charge on any atom is -0.467 e. The van der Waals surface area contributed by atoms with Crippen LogP contribution in [0.1, 0.15) is 16.7 Å². The van der Waals surface area contributed by atoms with Gasteiger partial charge in [0.15, 0.2) is 0 Å². The Labute approximate surface area is 157 Å². The van der Waals surface area contributed by atoms with Crippen LogP contribution in [0.4, 0.5) is 5.82 Å². The fourth-order valence-electron chi connectivity index (χ4n) is 3.18. The lowest BCUT2D eigenvalue weighted by atomic mass is 9.94. The summed E-state index contributed by atoms with van der Waals surface area (Å²) in [6.07, 6.45) is 1.90. The van der Waals surface area contributed by atoms with Crippen LogP contribution in [-0.2, 0) is 27.3 Å². The van der Waals surface area contributed by atoms with Crippen LogP contribution in [0.25, 0.3) is 0 Å². The zero-order valence-corrected chi connectivity index (χ0v) is 15.3. The molecule has 0 saturated heterocycles. The average Bonchev–Trinajstić information content (AvgIpc) is 2.72. The van der Waals surface area contributed by atoms with E-state index in [4.69, 9.17) is 10.00 Å². The van der Waals surface area contributed by atoms with Crippen LogP contribution >= 0.6 is 0 Å². The average molecular weight is 364 g/mol. The van der Waals surface area contributed by atoms with E-state index in [1.807, 2.05) is 30.3 Å². The first-order chi connectivity index (χ1) is 13.0. The zero-order valence-electron chi connectivity index (χ0n) is 15.3. The third-order valence-corrected chi connectivity index (χ3v) is 4.68. The summed E-state index contributed by atoms with van der Waals surface area (Å²) in [5.41, 5.74) is 2.54. The molecule has 0 saturated carbocycles. The number of carbonyl (C=O) groups excluding carboxylic acids is 2. The smallest absolute Gasteiger partial charge is 0.328 e. The Bertz CT molecular complexity index is 889. The highest BCUT2D eigenvalue weighted by molar-refractivity contribution is 5.87. The maximum absolute atomic E-state index is 12.9. The number of amides is 1. The number of ether oxygens (including phenoxy) is 1. The molecule has 2 heterocycles. The highest BCUT2D eigenvalue weighted by Gasteiger charge is 2.35. The molecule has 1 aliphatic rings. The number of likely N-dealkylation sites (N-methyl/N-ethyl adjacent to an activating group) is 1. The fourth-order valence-corrected chi connectivity index (χ4v) is 3.18. The van der Waals surface area contributed by atoms with Gasteiger partial charge in [0, 0.05) is 26.2 Å². The van der Waals surface area contributed by atoms with Crippen LogP contribution in [0.3, 0.4) is 0 Å². The Morgan fingerprint density at radius 3 is 2.67 bits per heavy atom. The molecular weight excluding hydrogens is 344 g/mol. The van der Waals surface area contributed by atoms with Gasteiger partial charge in [-0.1, -0.05) is 24.3 Å². The van der Waals surface area contributed by atoms with Crippen LogP contribution in [0, 0.1) is 11.3 Å². The number of anilines is 1. The van der Waals surface area contributed by atoms with Crippen molar-refractivity contribution >= 4 is 17.7 Å². The van der Waals surface area contributed by atoms with Gasteiger partial charge in [-0.05, 0) is 23.3 Å². The van der Waals surface area contributed by atoms with Gasteiger partial charge in [0.05, 0.1) is 19.2 Å². The van der Waals surface area contributed by atoms with Gasteiger partial charge < -0.3 is 14.5 Å². The van der Waals surface area contributed by atoms with E-state index in [1.54, 1.807) is 29.0 Å². The van der Waals surface area contributed by atoms with Crippen LogP contribution in [0.2, 0.25) is 0 Å². The van der Waals surface area contributed by atoms with Gasteiger partial charge in [0.1, 0.15) is 17.9 Å². The number of fused-ring (bicyclic) bond motifs is 1. The second-order valence-corrected chi connectivity index (χ2v) is 6.41. The minimum atomic E-state index is -0.639. The maximum atomic E-state index is 12.9. The molecule has 1 amide bonds. The predicted molar refractivity (Wildman–Crippen MR) is 98.7 cm³/mol. The lowest BCUT2D eigenvalue weighted by Crippen LogP contribution is -2.51. The summed E-state index contributed by atoms with van der Waals surface area (Å²) in [7, 11) is 3.08. The number of hydrogen-bond acceptors (Lipinski definition) is 6. The van der Waals surface area contributed by atoms with Gasteiger partial charge in [-0.15, -0.1) is 0 Å². The SMILES string of the molecule is COC(=O)[C@@H]1Cc2ccccc2CN1C(=O)CN(C)c1ccc(C#N)cn1. The summed E-state index contributed by atoms with van der Waals surface area (Å²) in [5, 5.41) is 8.86. The molecule has 3 rings (SSSR count). The van der Waals surface area contributed by atoms with Crippen molar-refractivity contribution in [3.8, 4) is 6.07 Å². The summed E-state index contributed by atoms with van der Waals surface area (Å²) in [6, 6.07) is 12.5. The van der Waals surface area contributed by atoms with Gasteiger partial charge >= 0.3 is 5.97 Å². The number of rotatable bonds is 4. The number of hydrogen-bond donors (Lipinski definition) is 0. The molecule has 1 aromatic carbocycles. The molecule has 0 bridgehead atoms. The Morgan fingerprint density at radius 2 is 2.04 bits per heavy atom. The Balaban J connectivity index is 1.78. The van der Waals surface area contributed by atoms with Crippen molar-refractivity contribution in [3.63, 3.8) is 0 Å². The van der Waals surface area contributed by atoms with Crippen LogP contribution < -0.4 is 4.90 Å². The van der Waals surface area contributed by atoms with E-state index in [9.17, 15) is 9.59 Å². The van der Waals surface area contributed by atoms with Gasteiger partial charge in [-0.25, -0.2) is 9.78 Å². The van der Waals surface area contributed by atoms with E-state index in [1.165, 1.54) is 13.3 Å². The number of esters is 1. The summed E-state index contributed by atoms with van der Waals surface area (Å²) in [6.45, 7) is 0.429. The molecule has 0 unspecified atom stereocenters. The van der Waals surface area contributed by atoms with Gasteiger partial charge in [0.25, 0.3) is 0 Å². The second-order valence-electron chi connectivity index (χ2n) is 6.41. The molecular formula is C20H20N4O3. The molecule has 27 heavy (non-hydrogen) atoms. The Morgan fingerprint density at radius 1 is 1.30 bits per heavy atom. The third-order valence-electron chi connectivity index (χ3n) is 4.68. The van der Waals surface area contributed by atoms with Crippen LogP contribution in [0.5, 0.6) is 0 Å². The third kappa shape index (κ3) is 3.90. The molecule has 1 aliphatic heterocycles. The van der Waals surface area contributed by atoms with Crippen molar-refractivity contribution in [2.75, 3.05) is 25.6 Å². The second kappa shape index (κ2) is 7.87. The van der Waals surface area contributed by atoms with Crippen molar-refractivity contribution in [1.82, 2.24) is 9.88 Å². The lowest BCUT2D eigenvalue weighted by Gasteiger charge is -2.36. The van der Waals surface area contributed by atoms with Crippen molar-refractivity contribution in [2.45, 2.75) is 19.0 Å². The Kier molecular flexibility index (Phi) is 5.36. The van der Waals surface area contributed by atoms with Crippen LogP contribution in [0.15, 0.2) is 42.6 Å². The minimum absolute atomic E-state index is 0.0640. The molecule has 0 radical (unpaired) electrons. The zero-order chi connectivity index (χ0) is 19.4. The standard InChI is InChI=1S/C20H20N4O3/c1-23(18-8-7-14(10-21)11-22-18)13-19(25)24-12-16-6-4-3-5-15(16)9-17(24)20(26)27-2/h3-8,11,17H,9,12-13H2,1-2H3/t17-/m0/s1. The van der Waals surface area contributed by atoms with Crippen molar-refractivity contribution < 1.29 is 14.3 Å². The number of aromatic nitrogens is 1. The number of carbonyl (C=O) groups is 2. The number of nitriles is 1. The molecule has 7 nitrogen and oxygen atoms in total. The quantitative estimate of drug-likeness (QED) is 0.765. The Hall–Kier alpha value is -3.40. The molecule has 0 aliphatic carbocycles. The normalized spacial score (nSPS) is 15.4. The van der Waals surface area contributed by atoms with Crippen molar-refractivity contribution in [2.24, 2.45) is 0 Å². The molecule has 0 N–H and O–H groups in total. The topological polar surface area (TPSA) is 86.5 Å². The molecule has 0 fully saturated rings. The largest absolute Gasteiger partial charge is 0.467 e. The predicted octanol–water partition coefficient (Wildman–Crippen LogP) is 1.52. The van der Waals surface area contributed by atoms with Gasteiger partial charge in [0.2, 0.25) is 5.91 Å². The molecule has 7 heteroatoms. The molecule has 1 atom stereocenters. The molecule has 0 spiro atoms. The summed E-state index contributed by atoms with van der Waals surface area (Å²) in [5.74, 6) is -0.0278. The van der Waals surface area contributed by atoms with Crippen molar-refractivity contribution in [1.29, 1.82) is 5.26 Å². The van der Waals surface area contributed by atoms with Crippen molar-refractivity contribution in [3.05, 3.63) is 59.3 Å². The highest BCUT2D eigenvalue weighted by atomic mass is 16.5. The van der Waals surface area contributed by atoms with E-state index < -0.39 is 12.0 Å². The van der Waals surface area contributed by atoms with E-state index in [2.05, 4.69) is 4.98 Å². The molecule has 138 valence electrons. The first-order valence-corrected chi connectivity index (χ1v) is 8.55. The van der Waals surface area contributed by atoms with Gasteiger partial charge in [-0.2, -0.15) is 5.26 Å². The van der Waals surface area contributed by atoms with Crippen LogP contribution in [-0.4, -0.2) is 48.5 Å². The highest BCUT2D eigenvalue weighted by Crippen LogP contribution is 2.24. The summed E-state index contributed by atoms with van der Waals surface area (Å²) < 4.78 is 4.91. The fraction of sp³-hybridized carbons (Fsp3) is 0.300. The summed E-state index contributed by atoms with van der Waals surface area (Å²) in [4.78, 5) is 32.6. The van der Waals surface area contributed by atoms with E-state index >= 15 is 0 Å². The number of nitrogens with zero attached hydrogens (tertiary/aromatic N) is 4. The van der Waals surface area contributed by atoms with E-state index in [-0.39, 0.29) is 12.5 Å². The number of methoxy groups -OCH3 is 1. The molecule has 1 aromatic heterocycles. The number of pyridine rings is 1. The van der Waals surface area contributed by atoms with E-state index in [0.29, 0.717) is 24.3 Å². The first kappa shape index (κ1) is 18.4.